The van der Waals surface area contributed by atoms with E-state index in [1.165, 1.54) is 17.7 Å². The van der Waals surface area contributed by atoms with Gasteiger partial charge in [0.05, 0.1) is 23.4 Å². The summed E-state index contributed by atoms with van der Waals surface area (Å²) < 4.78 is 9.38. The van der Waals surface area contributed by atoms with E-state index in [-0.39, 0.29) is 23.9 Å². The lowest BCUT2D eigenvalue weighted by Gasteiger charge is -2.27. The number of amides is 2. The molecule has 2 amide bonds. The zero-order valence-electron chi connectivity index (χ0n) is 25.4. The molecular formula is C36H35N5O3S. The molecule has 2 aliphatic carbocycles. The van der Waals surface area contributed by atoms with Gasteiger partial charge < -0.3 is 25.3 Å². The number of nitrogens with one attached hydrogen (secondary N) is 1. The summed E-state index contributed by atoms with van der Waals surface area (Å²) in [6, 6.07) is 16.7. The molecule has 0 spiro atoms. The third-order valence-corrected chi connectivity index (χ3v) is 11.8. The molecule has 9 rings (SSSR count). The van der Waals surface area contributed by atoms with Crippen LogP contribution >= 0.6 is 11.3 Å². The highest BCUT2D eigenvalue weighted by Crippen LogP contribution is 2.46. The van der Waals surface area contributed by atoms with Gasteiger partial charge in [0, 0.05) is 63.9 Å². The average molecular weight is 618 g/mol. The predicted molar refractivity (Wildman–Crippen MR) is 177 cm³/mol. The largest absolute Gasteiger partial charge is 0.496 e. The van der Waals surface area contributed by atoms with E-state index in [4.69, 9.17) is 15.5 Å². The van der Waals surface area contributed by atoms with Gasteiger partial charge in [-0.05, 0) is 98.0 Å². The second kappa shape index (κ2) is 9.89. The quantitative estimate of drug-likeness (QED) is 0.239. The van der Waals surface area contributed by atoms with Crippen molar-refractivity contribution in [3.8, 4) is 27.6 Å². The third kappa shape index (κ3) is 4.17. The van der Waals surface area contributed by atoms with E-state index in [2.05, 4.69) is 47.1 Å². The number of hydrogen-bond donors (Lipinski definition) is 2. The minimum atomic E-state index is -0.0121. The molecule has 2 aromatic carbocycles. The van der Waals surface area contributed by atoms with Crippen molar-refractivity contribution in [3.63, 3.8) is 0 Å². The summed E-state index contributed by atoms with van der Waals surface area (Å²) in [5.41, 5.74) is 14.1. The number of benzene rings is 2. The molecule has 3 aromatic heterocycles. The first-order valence-electron chi connectivity index (χ1n) is 16.0. The van der Waals surface area contributed by atoms with Crippen LogP contribution in [0, 0.1) is 18.8 Å². The molecule has 1 saturated heterocycles. The number of methoxy groups -OCH3 is 1. The van der Waals surface area contributed by atoms with Crippen molar-refractivity contribution in [2.24, 2.45) is 17.6 Å². The molecule has 3 N–H and O–H groups in total. The van der Waals surface area contributed by atoms with Crippen molar-refractivity contribution in [1.82, 2.24) is 19.8 Å². The fraction of sp³-hybridized carbons (Fsp3) is 0.361. The number of ether oxygens (including phenoxy) is 1. The summed E-state index contributed by atoms with van der Waals surface area (Å²) in [4.78, 5) is 34.3. The number of thiophene rings is 1. The number of nitrogens with zero attached hydrogens (tertiary/aromatic N) is 3. The summed E-state index contributed by atoms with van der Waals surface area (Å²) in [6.07, 6.45) is 4.57. The van der Waals surface area contributed by atoms with Gasteiger partial charge in [0.15, 0.2) is 0 Å². The first-order chi connectivity index (χ1) is 21.9. The molecule has 3 fully saturated rings. The lowest BCUT2D eigenvalue weighted by atomic mass is 10.0. The van der Waals surface area contributed by atoms with Crippen molar-refractivity contribution < 1.29 is 14.3 Å². The lowest BCUT2D eigenvalue weighted by Crippen LogP contribution is -2.41. The van der Waals surface area contributed by atoms with E-state index in [1.807, 2.05) is 23.1 Å². The Balaban J connectivity index is 1.15. The normalized spacial score (nSPS) is 22.1. The Bertz CT molecular complexity index is 2070. The highest BCUT2D eigenvalue weighted by Gasteiger charge is 2.47. The first-order valence-corrected chi connectivity index (χ1v) is 16.8. The smallest absolute Gasteiger partial charge is 0.254 e. The van der Waals surface area contributed by atoms with Gasteiger partial charge in [0.2, 0.25) is 0 Å². The number of aryl methyl sites for hydroxylation is 1. The number of carbonyl (C=O) groups excluding carboxylic acids is 2. The molecule has 2 aliphatic heterocycles. The van der Waals surface area contributed by atoms with Crippen molar-refractivity contribution in [3.05, 3.63) is 70.8 Å². The van der Waals surface area contributed by atoms with Gasteiger partial charge in [-0.2, -0.15) is 0 Å². The van der Waals surface area contributed by atoms with Crippen molar-refractivity contribution in [2.45, 2.75) is 57.8 Å². The Morgan fingerprint density at radius 3 is 2.73 bits per heavy atom. The van der Waals surface area contributed by atoms with Crippen LogP contribution < -0.4 is 15.8 Å². The highest BCUT2D eigenvalue weighted by atomic mass is 32.1. The van der Waals surface area contributed by atoms with Gasteiger partial charge in [-0.25, -0.2) is 4.98 Å². The van der Waals surface area contributed by atoms with Gasteiger partial charge in [0.1, 0.15) is 11.4 Å². The predicted octanol–water partition coefficient (Wildman–Crippen LogP) is 6.12. The molecule has 2 unspecified atom stereocenters. The van der Waals surface area contributed by atoms with Crippen LogP contribution in [-0.2, 0) is 13.1 Å². The van der Waals surface area contributed by atoms with E-state index in [1.54, 1.807) is 18.4 Å². The molecule has 2 bridgehead atoms. The number of fused-ring (bicyclic) bond motifs is 5. The van der Waals surface area contributed by atoms with Crippen LogP contribution in [0.3, 0.4) is 0 Å². The number of rotatable bonds is 6. The fourth-order valence-corrected chi connectivity index (χ4v) is 9.22. The Hall–Kier alpha value is -4.21. The maximum Gasteiger partial charge on any atom is 0.254 e. The van der Waals surface area contributed by atoms with E-state index in [9.17, 15) is 9.59 Å². The number of likely N-dealkylation sites (tertiary alicyclic amines) is 1. The van der Waals surface area contributed by atoms with E-state index in [0.717, 1.165) is 86.4 Å². The van der Waals surface area contributed by atoms with Crippen LogP contribution in [0.15, 0.2) is 48.5 Å². The van der Waals surface area contributed by atoms with Crippen molar-refractivity contribution >= 4 is 44.3 Å². The zero-order valence-corrected chi connectivity index (χ0v) is 26.2. The van der Waals surface area contributed by atoms with Crippen LogP contribution in [0.2, 0.25) is 0 Å². The van der Waals surface area contributed by atoms with E-state index in [0.29, 0.717) is 23.9 Å². The molecule has 9 heteroatoms. The zero-order chi connectivity index (χ0) is 30.6. The second-order valence-corrected chi connectivity index (χ2v) is 14.3. The summed E-state index contributed by atoms with van der Waals surface area (Å²) in [5, 5.41) is 5.08. The molecule has 5 heterocycles. The summed E-state index contributed by atoms with van der Waals surface area (Å²) >= 11 is 1.72. The molecule has 45 heavy (non-hydrogen) atoms. The van der Waals surface area contributed by atoms with Crippen LogP contribution in [0.4, 0.5) is 0 Å². The van der Waals surface area contributed by atoms with Gasteiger partial charge in [-0.15, -0.1) is 11.3 Å². The number of pyridine rings is 1. The molecule has 8 nitrogen and oxygen atoms in total. The molecular weight excluding hydrogens is 582 g/mol. The standard InChI is InChI=1S/C36H35N5O3S/c1-18-31-29(44-2)13-23(36(43)41-17-22-7-10-27(41)32(22)37)14-30(31)45-33(18)28-12-21-6-9-26(39-34(21)40(28)16-19-3-4-19)20-5-8-25-24(11-20)15-38-35(25)42/h5-6,8-9,11-14,19,22,27,32H,3-4,7,10,15-17,37H2,1-2H3,(H,38,42)/t22?,27?,32-/m1/s1. The number of aromatic nitrogens is 2. The molecule has 0 radical (unpaired) electrons. The van der Waals surface area contributed by atoms with Crippen LogP contribution in [-0.4, -0.2) is 52.0 Å². The number of nitrogens with two attached hydrogens (primary N) is 1. The maximum absolute atomic E-state index is 13.8. The van der Waals surface area contributed by atoms with Gasteiger partial charge in [-0.3, -0.25) is 9.59 Å². The second-order valence-electron chi connectivity index (χ2n) is 13.3. The van der Waals surface area contributed by atoms with Gasteiger partial charge in [0.25, 0.3) is 11.8 Å². The number of piperidine rings is 1. The Labute approximate surface area is 265 Å². The molecule has 5 aromatic rings. The monoisotopic (exact) mass is 617 g/mol. The molecule has 2 saturated carbocycles. The topological polar surface area (TPSA) is 102 Å². The molecule has 3 atom stereocenters. The summed E-state index contributed by atoms with van der Waals surface area (Å²) in [7, 11) is 1.69. The molecule has 4 aliphatic rings. The number of hydrogen-bond acceptors (Lipinski definition) is 6. The van der Waals surface area contributed by atoms with E-state index < -0.39 is 0 Å². The van der Waals surface area contributed by atoms with Crippen LogP contribution in [0.1, 0.15) is 57.5 Å². The SMILES string of the molecule is COc1cc(C(=O)N2CC3CCC2[C@@H]3N)cc2sc(-c3cc4ccc(-c5ccc6c(c5)CNC6=O)nc4n3CC3CC3)c(C)c12. The highest BCUT2D eigenvalue weighted by molar-refractivity contribution is 7.22. The Morgan fingerprint density at radius 1 is 1.11 bits per heavy atom. The minimum Gasteiger partial charge on any atom is -0.496 e. The Morgan fingerprint density at radius 2 is 1.98 bits per heavy atom. The summed E-state index contributed by atoms with van der Waals surface area (Å²) in [5.74, 6) is 1.84. The number of carbonyl (C=O) groups is 2. The van der Waals surface area contributed by atoms with Crippen LogP contribution in [0.25, 0.3) is 42.9 Å². The minimum absolute atomic E-state index is 0.0121. The molecule has 228 valence electrons. The van der Waals surface area contributed by atoms with Gasteiger partial charge in [-0.1, -0.05) is 6.07 Å². The first kappa shape index (κ1) is 27.1. The fourth-order valence-electron chi connectivity index (χ4n) is 7.93. The summed E-state index contributed by atoms with van der Waals surface area (Å²) in [6.45, 7) is 4.39. The van der Waals surface area contributed by atoms with Crippen molar-refractivity contribution in [1.29, 1.82) is 0 Å². The van der Waals surface area contributed by atoms with Gasteiger partial charge >= 0.3 is 0 Å². The maximum atomic E-state index is 13.8. The third-order valence-electron chi connectivity index (χ3n) is 10.6. The van der Waals surface area contributed by atoms with Crippen LogP contribution in [0.5, 0.6) is 5.75 Å². The average Bonchev–Trinajstić information content (AvgIpc) is 3.26. The lowest BCUT2D eigenvalue weighted by molar-refractivity contribution is 0.0700. The van der Waals surface area contributed by atoms with Crippen molar-refractivity contribution in [2.75, 3.05) is 13.7 Å². The Kier molecular flexibility index (Phi) is 5.96. The van der Waals surface area contributed by atoms with E-state index >= 15 is 0 Å².